The van der Waals surface area contributed by atoms with Crippen molar-refractivity contribution in [2.24, 2.45) is 0 Å². The first kappa shape index (κ1) is 25.1. The Balaban J connectivity index is 1.06. The molecule has 0 aromatic heterocycles. The Labute approximate surface area is 228 Å². The smallest absolute Gasteiger partial charge is 0.261 e. The van der Waals surface area contributed by atoms with Crippen LogP contribution in [0.15, 0.2) is 84.9 Å². The minimum atomic E-state index is -0.211. The number of benzene rings is 4. The molecule has 0 spiro atoms. The van der Waals surface area contributed by atoms with Gasteiger partial charge >= 0.3 is 0 Å². The number of hydrogen-bond acceptors (Lipinski definition) is 3. The Bertz CT molecular complexity index is 1510. The van der Waals surface area contributed by atoms with E-state index >= 15 is 0 Å². The van der Waals surface area contributed by atoms with Gasteiger partial charge in [-0.25, -0.2) is 0 Å². The van der Waals surface area contributed by atoms with Crippen LogP contribution in [-0.4, -0.2) is 29.2 Å². The van der Waals surface area contributed by atoms with Crippen molar-refractivity contribution in [2.45, 2.75) is 51.0 Å². The normalized spacial score (nSPS) is 14.6. The number of nitrogens with zero attached hydrogens (tertiary/aromatic N) is 1. The van der Waals surface area contributed by atoms with E-state index in [0.29, 0.717) is 24.1 Å². The maximum atomic E-state index is 13.1. The molecule has 0 radical (unpaired) electrons. The molecule has 196 valence electrons. The molecule has 0 fully saturated rings. The molecule has 1 heterocycles. The van der Waals surface area contributed by atoms with Gasteiger partial charge in [-0.3, -0.25) is 19.3 Å². The fourth-order valence-electron chi connectivity index (χ4n) is 6.09. The van der Waals surface area contributed by atoms with Gasteiger partial charge in [-0.1, -0.05) is 85.6 Å². The molecule has 5 nitrogen and oxygen atoms in total. The molecule has 4 aromatic rings. The van der Waals surface area contributed by atoms with E-state index < -0.39 is 0 Å². The fourth-order valence-corrected chi connectivity index (χ4v) is 6.09. The van der Waals surface area contributed by atoms with Gasteiger partial charge in [0, 0.05) is 13.0 Å². The number of amides is 3. The SMILES string of the molecule is O=C(CCCCCCN1C(=O)c2ccccc2C1=O)N[C@@H](c1ccccc1)c1ccc2c3c(cccc13)CC2. The summed E-state index contributed by atoms with van der Waals surface area (Å²) >= 11 is 0. The maximum absolute atomic E-state index is 13.1. The molecule has 5 heteroatoms. The van der Waals surface area contributed by atoms with Crippen molar-refractivity contribution in [2.75, 3.05) is 6.54 Å². The predicted molar refractivity (Wildman–Crippen MR) is 153 cm³/mol. The zero-order chi connectivity index (χ0) is 26.8. The molecular weight excluding hydrogens is 484 g/mol. The molecule has 1 aliphatic carbocycles. The van der Waals surface area contributed by atoms with Gasteiger partial charge in [-0.15, -0.1) is 0 Å². The second-order valence-corrected chi connectivity index (χ2v) is 10.5. The Kier molecular flexibility index (Phi) is 6.97. The topological polar surface area (TPSA) is 66.5 Å². The summed E-state index contributed by atoms with van der Waals surface area (Å²) in [6.07, 6.45) is 5.82. The Morgan fingerprint density at radius 3 is 2.13 bits per heavy atom. The lowest BCUT2D eigenvalue weighted by molar-refractivity contribution is -0.121. The van der Waals surface area contributed by atoms with Gasteiger partial charge in [-0.05, 0) is 70.8 Å². The van der Waals surface area contributed by atoms with Crippen LogP contribution in [0.3, 0.4) is 0 Å². The van der Waals surface area contributed by atoms with E-state index in [2.05, 4.69) is 47.8 Å². The van der Waals surface area contributed by atoms with E-state index in [9.17, 15) is 14.4 Å². The predicted octanol–water partition coefficient (Wildman–Crippen LogP) is 6.39. The first-order valence-electron chi connectivity index (χ1n) is 13.9. The molecule has 0 unspecified atom stereocenters. The van der Waals surface area contributed by atoms with Crippen LogP contribution in [0.2, 0.25) is 0 Å². The Morgan fingerprint density at radius 1 is 0.718 bits per heavy atom. The quantitative estimate of drug-likeness (QED) is 0.196. The number of nitrogens with one attached hydrogen (secondary N) is 1. The Hall–Kier alpha value is -4.25. The van der Waals surface area contributed by atoms with Crippen molar-refractivity contribution < 1.29 is 14.4 Å². The van der Waals surface area contributed by atoms with Crippen molar-refractivity contribution in [1.29, 1.82) is 0 Å². The first-order valence-corrected chi connectivity index (χ1v) is 13.9. The molecular formula is C34H32N2O3. The summed E-state index contributed by atoms with van der Waals surface area (Å²) in [4.78, 5) is 39.5. The molecule has 0 bridgehead atoms. The highest BCUT2D eigenvalue weighted by molar-refractivity contribution is 6.21. The second-order valence-electron chi connectivity index (χ2n) is 10.5. The minimum Gasteiger partial charge on any atom is -0.345 e. The van der Waals surface area contributed by atoms with Gasteiger partial charge in [-0.2, -0.15) is 0 Å². The minimum absolute atomic E-state index is 0.0347. The summed E-state index contributed by atoms with van der Waals surface area (Å²) in [5.41, 5.74) is 5.98. The molecule has 4 aromatic carbocycles. The molecule has 39 heavy (non-hydrogen) atoms. The molecule has 0 saturated carbocycles. The molecule has 2 aliphatic rings. The van der Waals surface area contributed by atoms with Gasteiger partial charge in [0.05, 0.1) is 17.2 Å². The van der Waals surface area contributed by atoms with Crippen LogP contribution in [0, 0.1) is 0 Å². The summed E-state index contributed by atoms with van der Waals surface area (Å²) < 4.78 is 0. The molecule has 1 atom stereocenters. The monoisotopic (exact) mass is 516 g/mol. The van der Waals surface area contributed by atoms with Crippen molar-refractivity contribution in [3.05, 3.63) is 118 Å². The van der Waals surface area contributed by atoms with Crippen LogP contribution in [0.5, 0.6) is 0 Å². The summed E-state index contributed by atoms with van der Waals surface area (Å²) in [5, 5.41) is 5.90. The second kappa shape index (κ2) is 10.9. The average molecular weight is 517 g/mol. The van der Waals surface area contributed by atoms with E-state index in [-0.39, 0.29) is 23.8 Å². The van der Waals surface area contributed by atoms with Gasteiger partial charge in [0.25, 0.3) is 11.8 Å². The zero-order valence-electron chi connectivity index (χ0n) is 22.0. The van der Waals surface area contributed by atoms with E-state index in [4.69, 9.17) is 0 Å². The largest absolute Gasteiger partial charge is 0.345 e. The molecule has 3 amide bonds. The van der Waals surface area contributed by atoms with E-state index in [1.807, 2.05) is 18.2 Å². The third-order valence-corrected chi connectivity index (χ3v) is 8.07. The van der Waals surface area contributed by atoms with Gasteiger partial charge in [0.15, 0.2) is 0 Å². The number of carbonyl (C=O) groups excluding carboxylic acids is 3. The number of unbranched alkanes of at least 4 members (excludes halogenated alkanes) is 3. The fraction of sp³-hybridized carbons (Fsp3) is 0.265. The van der Waals surface area contributed by atoms with E-state index in [0.717, 1.165) is 49.7 Å². The first-order chi connectivity index (χ1) is 19.1. The third kappa shape index (κ3) is 4.85. The number of carbonyl (C=O) groups is 3. The van der Waals surface area contributed by atoms with Gasteiger partial charge in [0.2, 0.25) is 5.91 Å². The van der Waals surface area contributed by atoms with E-state index in [1.54, 1.807) is 24.3 Å². The lowest BCUT2D eigenvalue weighted by Crippen LogP contribution is -2.30. The highest BCUT2D eigenvalue weighted by Crippen LogP contribution is 2.36. The standard InChI is InChI=1S/C34H32N2O3/c37-30(17-6-1-2-9-22-36-33(38)28-14-7-8-15-29(28)34(36)39)35-32(25-11-4-3-5-12-25)27-21-20-24-19-18-23-13-10-16-26(27)31(23)24/h3-5,7-8,10-16,20-21,32H,1-2,6,9,17-19,22H2,(H,35,37)/t32-/m0/s1. The zero-order valence-corrected chi connectivity index (χ0v) is 22.0. The maximum Gasteiger partial charge on any atom is 0.261 e. The molecule has 1 N–H and O–H groups in total. The summed E-state index contributed by atoms with van der Waals surface area (Å²) in [5.74, 6) is -0.373. The highest BCUT2D eigenvalue weighted by Gasteiger charge is 2.34. The van der Waals surface area contributed by atoms with Crippen LogP contribution in [0.25, 0.3) is 10.8 Å². The van der Waals surface area contributed by atoms with Crippen LogP contribution in [0.4, 0.5) is 0 Å². The van der Waals surface area contributed by atoms with Crippen molar-refractivity contribution in [3.8, 4) is 0 Å². The highest BCUT2D eigenvalue weighted by atomic mass is 16.2. The van der Waals surface area contributed by atoms with Crippen LogP contribution < -0.4 is 5.32 Å². The Morgan fingerprint density at radius 2 is 1.38 bits per heavy atom. The van der Waals surface area contributed by atoms with E-state index in [1.165, 1.54) is 26.8 Å². The number of aryl methyl sites for hydroxylation is 2. The third-order valence-electron chi connectivity index (χ3n) is 8.07. The van der Waals surface area contributed by atoms with Crippen molar-refractivity contribution in [1.82, 2.24) is 10.2 Å². The van der Waals surface area contributed by atoms with Crippen molar-refractivity contribution in [3.63, 3.8) is 0 Å². The molecule has 6 rings (SSSR count). The summed E-state index contributed by atoms with van der Waals surface area (Å²) in [6.45, 7) is 0.416. The number of imide groups is 1. The lowest BCUT2D eigenvalue weighted by atomic mass is 9.91. The lowest BCUT2D eigenvalue weighted by Gasteiger charge is -2.22. The summed E-state index contributed by atoms with van der Waals surface area (Å²) in [7, 11) is 0. The number of hydrogen-bond donors (Lipinski definition) is 1. The average Bonchev–Trinajstić information content (AvgIpc) is 3.50. The number of rotatable bonds is 10. The van der Waals surface area contributed by atoms with Crippen LogP contribution in [-0.2, 0) is 17.6 Å². The van der Waals surface area contributed by atoms with Crippen molar-refractivity contribution >= 4 is 28.5 Å². The van der Waals surface area contributed by atoms with Crippen LogP contribution >= 0.6 is 0 Å². The van der Waals surface area contributed by atoms with Gasteiger partial charge in [0.1, 0.15) is 0 Å². The van der Waals surface area contributed by atoms with Gasteiger partial charge < -0.3 is 5.32 Å². The summed E-state index contributed by atoms with van der Waals surface area (Å²) in [6, 6.07) is 27.9. The molecule has 1 aliphatic heterocycles. The van der Waals surface area contributed by atoms with Crippen LogP contribution in [0.1, 0.15) is 81.1 Å². The molecule has 0 saturated heterocycles. The number of fused-ring (bicyclic) bond motifs is 1.